The minimum absolute atomic E-state index is 0.0601. The predicted octanol–water partition coefficient (Wildman–Crippen LogP) is 2.51. The second-order valence-corrected chi connectivity index (χ2v) is 4.42. The van der Waals surface area contributed by atoms with Gasteiger partial charge < -0.3 is 10.5 Å². The lowest BCUT2D eigenvalue weighted by Crippen LogP contribution is -2.14. The first kappa shape index (κ1) is 13.5. The third kappa shape index (κ3) is 4.03. The van der Waals surface area contributed by atoms with Crippen LogP contribution in [0.15, 0.2) is 42.7 Å². The van der Waals surface area contributed by atoms with E-state index in [4.69, 9.17) is 10.5 Å². The van der Waals surface area contributed by atoms with Crippen molar-refractivity contribution in [3.63, 3.8) is 0 Å². The van der Waals surface area contributed by atoms with Gasteiger partial charge in [-0.05, 0) is 12.0 Å². The molecule has 19 heavy (non-hydrogen) atoms. The first-order chi connectivity index (χ1) is 9.29. The molecule has 2 N–H and O–H groups in total. The summed E-state index contributed by atoms with van der Waals surface area (Å²) in [7, 11) is 0. The van der Waals surface area contributed by atoms with Gasteiger partial charge in [-0.1, -0.05) is 37.3 Å². The third-order valence-corrected chi connectivity index (χ3v) is 2.81. The van der Waals surface area contributed by atoms with Crippen LogP contribution in [0, 0.1) is 0 Å². The number of hydrogen-bond acceptors (Lipinski definition) is 4. The van der Waals surface area contributed by atoms with Gasteiger partial charge in [-0.15, -0.1) is 0 Å². The molecule has 1 aromatic heterocycles. The van der Waals surface area contributed by atoms with E-state index in [0.29, 0.717) is 18.9 Å². The molecule has 0 aliphatic rings. The zero-order chi connectivity index (χ0) is 13.5. The lowest BCUT2D eigenvalue weighted by molar-refractivity contribution is 0.304. The molecule has 2 aromatic rings. The summed E-state index contributed by atoms with van der Waals surface area (Å²) >= 11 is 0. The van der Waals surface area contributed by atoms with Gasteiger partial charge in [0.05, 0.1) is 6.61 Å². The normalized spacial score (nSPS) is 12.1. The first-order valence-electron chi connectivity index (χ1n) is 6.54. The van der Waals surface area contributed by atoms with Crippen LogP contribution in [0.25, 0.3) is 0 Å². The molecule has 2 rings (SSSR count). The van der Waals surface area contributed by atoms with Crippen LogP contribution in [-0.2, 0) is 6.42 Å². The summed E-state index contributed by atoms with van der Waals surface area (Å²) in [6, 6.07) is 11.8. The first-order valence-corrected chi connectivity index (χ1v) is 6.54. The van der Waals surface area contributed by atoms with E-state index in [-0.39, 0.29) is 6.04 Å². The molecule has 0 bridgehead atoms. The summed E-state index contributed by atoms with van der Waals surface area (Å²) in [5, 5.41) is 0. The van der Waals surface area contributed by atoms with Gasteiger partial charge in [-0.3, -0.25) is 0 Å². The van der Waals surface area contributed by atoms with Gasteiger partial charge in [0.2, 0.25) is 5.88 Å². The fourth-order valence-corrected chi connectivity index (χ4v) is 1.82. The number of hydrogen-bond donors (Lipinski definition) is 1. The Balaban J connectivity index is 2.02. The van der Waals surface area contributed by atoms with E-state index in [1.165, 1.54) is 6.33 Å². The second kappa shape index (κ2) is 6.85. The molecule has 0 amide bonds. The molecule has 0 spiro atoms. The van der Waals surface area contributed by atoms with Gasteiger partial charge in [0.1, 0.15) is 6.33 Å². The highest BCUT2D eigenvalue weighted by Gasteiger charge is 2.08. The number of benzene rings is 1. The summed E-state index contributed by atoms with van der Waals surface area (Å²) in [5.74, 6) is 0.618. The number of nitrogens with zero attached hydrogens (tertiary/aromatic N) is 2. The summed E-state index contributed by atoms with van der Waals surface area (Å²) < 4.78 is 5.49. The lowest BCUT2D eigenvalue weighted by atomic mass is 10.0. The largest absolute Gasteiger partial charge is 0.478 e. The summed E-state index contributed by atoms with van der Waals surface area (Å²) in [6.45, 7) is 2.73. The van der Waals surface area contributed by atoms with E-state index >= 15 is 0 Å². The van der Waals surface area contributed by atoms with Crippen LogP contribution in [0.3, 0.4) is 0 Å². The van der Waals surface area contributed by atoms with Crippen molar-refractivity contribution in [1.29, 1.82) is 0 Å². The maximum Gasteiger partial charge on any atom is 0.216 e. The molecular formula is C15H19N3O. The highest BCUT2D eigenvalue weighted by Crippen LogP contribution is 2.16. The van der Waals surface area contributed by atoms with E-state index in [1.54, 1.807) is 0 Å². The molecule has 0 aliphatic heterocycles. The quantitative estimate of drug-likeness (QED) is 0.863. The monoisotopic (exact) mass is 257 g/mol. The van der Waals surface area contributed by atoms with Crippen LogP contribution in [-0.4, -0.2) is 16.6 Å². The molecule has 0 radical (unpaired) electrons. The molecule has 1 atom stereocenters. The topological polar surface area (TPSA) is 61.0 Å². The van der Waals surface area contributed by atoms with Crippen molar-refractivity contribution in [2.45, 2.75) is 25.8 Å². The van der Waals surface area contributed by atoms with E-state index in [9.17, 15) is 0 Å². The number of nitrogens with two attached hydrogens (primary N) is 1. The van der Waals surface area contributed by atoms with Crippen molar-refractivity contribution in [3.05, 3.63) is 54.0 Å². The highest BCUT2D eigenvalue weighted by molar-refractivity contribution is 5.22. The van der Waals surface area contributed by atoms with Crippen molar-refractivity contribution < 1.29 is 4.74 Å². The van der Waals surface area contributed by atoms with Crippen molar-refractivity contribution in [2.75, 3.05) is 6.61 Å². The molecule has 0 saturated carbocycles. The summed E-state index contributed by atoms with van der Waals surface area (Å²) in [4.78, 5) is 8.32. The Kier molecular flexibility index (Phi) is 4.86. The van der Waals surface area contributed by atoms with Gasteiger partial charge in [0, 0.05) is 24.2 Å². The number of rotatable bonds is 6. The average Bonchev–Trinajstić information content (AvgIpc) is 2.46. The van der Waals surface area contributed by atoms with Crippen LogP contribution >= 0.6 is 0 Å². The fourth-order valence-electron chi connectivity index (χ4n) is 1.82. The Hall–Kier alpha value is -1.94. The Bertz CT molecular complexity index is 502. The summed E-state index contributed by atoms with van der Waals surface area (Å²) in [6.07, 6.45) is 3.16. The van der Waals surface area contributed by atoms with Gasteiger partial charge in [0.15, 0.2) is 0 Å². The van der Waals surface area contributed by atoms with Gasteiger partial charge in [0.25, 0.3) is 0 Å². The van der Waals surface area contributed by atoms with Crippen LogP contribution in [0.2, 0.25) is 0 Å². The zero-order valence-electron chi connectivity index (χ0n) is 11.1. The van der Waals surface area contributed by atoms with E-state index in [1.807, 2.05) is 36.4 Å². The third-order valence-electron chi connectivity index (χ3n) is 2.81. The van der Waals surface area contributed by atoms with E-state index in [0.717, 1.165) is 17.7 Å². The van der Waals surface area contributed by atoms with Crippen LogP contribution in [0.1, 0.15) is 30.6 Å². The van der Waals surface area contributed by atoms with Crippen molar-refractivity contribution in [2.24, 2.45) is 5.73 Å². The molecule has 1 aromatic carbocycles. The summed E-state index contributed by atoms with van der Waals surface area (Å²) in [5.41, 5.74) is 8.18. The van der Waals surface area contributed by atoms with Crippen LogP contribution < -0.4 is 10.5 Å². The highest BCUT2D eigenvalue weighted by atomic mass is 16.5. The maximum atomic E-state index is 6.18. The standard InChI is InChI=1S/C15H19N3O/c1-2-8-19-15-10-13(17-11-18-15)9-14(16)12-6-4-3-5-7-12/h3-7,10-11,14H,2,8-9,16H2,1H3. The Labute approximate surface area is 113 Å². The Morgan fingerprint density at radius 2 is 2.00 bits per heavy atom. The molecule has 4 nitrogen and oxygen atoms in total. The minimum atomic E-state index is -0.0601. The van der Waals surface area contributed by atoms with E-state index in [2.05, 4.69) is 16.9 Å². The lowest BCUT2D eigenvalue weighted by Gasteiger charge is -2.12. The smallest absolute Gasteiger partial charge is 0.216 e. The molecule has 0 aliphatic carbocycles. The molecular weight excluding hydrogens is 238 g/mol. The van der Waals surface area contributed by atoms with Crippen molar-refractivity contribution in [3.8, 4) is 5.88 Å². The van der Waals surface area contributed by atoms with Gasteiger partial charge >= 0.3 is 0 Å². The van der Waals surface area contributed by atoms with Gasteiger partial charge in [-0.25, -0.2) is 9.97 Å². The van der Waals surface area contributed by atoms with Gasteiger partial charge in [-0.2, -0.15) is 0 Å². The molecule has 0 saturated heterocycles. The molecule has 0 fully saturated rings. The zero-order valence-corrected chi connectivity index (χ0v) is 11.1. The number of aromatic nitrogens is 2. The Morgan fingerprint density at radius 3 is 2.74 bits per heavy atom. The Morgan fingerprint density at radius 1 is 1.21 bits per heavy atom. The minimum Gasteiger partial charge on any atom is -0.478 e. The van der Waals surface area contributed by atoms with Crippen molar-refractivity contribution in [1.82, 2.24) is 9.97 Å². The molecule has 4 heteroatoms. The molecule has 1 heterocycles. The predicted molar refractivity (Wildman–Crippen MR) is 74.9 cm³/mol. The van der Waals surface area contributed by atoms with Crippen LogP contribution in [0.4, 0.5) is 0 Å². The molecule has 1 unspecified atom stereocenters. The number of ether oxygens (including phenoxy) is 1. The SMILES string of the molecule is CCCOc1cc(CC(N)c2ccccc2)ncn1. The average molecular weight is 257 g/mol. The van der Waals surface area contributed by atoms with E-state index < -0.39 is 0 Å². The molecule has 100 valence electrons. The van der Waals surface area contributed by atoms with Crippen molar-refractivity contribution >= 4 is 0 Å². The fraction of sp³-hybridized carbons (Fsp3) is 0.333. The second-order valence-electron chi connectivity index (χ2n) is 4.42. The maximum absolute atomic E-state index is 6.18. The van der Waals surface area contributed by atoms with Crippen LogP contribution in [0.5, 0.6) is 5.88 Å².